The summed E-state index contributed by atoms with van der Waals surface area (Å²) >= 11 is 0. The third-order valence-corrected chi connectivity index (χ3v) is 4.26. The Bertz CT molecular complexity index is 500. The molecule has 2 N–H and O–H groups in total. The van der Waals surface area contributed by atoms with Gasteiger partial charge in [-0.05, 0) is 32.0 Å². The zero-order chi connectivity index (χ0) is 14.5. The van der Waals surface area contributed by atoms with E-state index in [0.717, 1.165) is 18.6 Å². The molecule has 108 valence electrons. The lowest BCUT2D eigenvalue weighted by molar-refractivity contribution is 0.575. The van der Waals surface area contributed by atoms with Crippen LogP contribution in [0.5, 0.6) is 0 Å². The minimum atomic E-state index is -3.67. The van der Waals surface area contributed by atoms with Gasteiger partial charge in [-0.25, -0.2) is 17.2 Å². The van der Waals surface area contributed by atoms with E-state index in [-0.39, 0.29) is 12.2 Å². The topological polar surface area (TPSA) is 58.2 Å². The van der Waals surface area contributed by atoms with E-state index < -0.39 is 26.9 Å². The lowest BCUT2D eigenvalue weighted by Crippen LogP contribution is -2.35. The quantitative estimate of drug-likeness (QED) is 0.757. The summed E-state index contributed by atoms with van der Waals surface area (Å²) in [5, 5.41) is 2.28. The van der Waals surface area contributed by atoms with Crippen LogP contribution in [0.15, 0.2) is 18.2 Å². The maximum absolute atomic E-state index is 13.0. The van der Waals surface area contributed by atoms with Crippen LogP contribution in [0, 0.1) is 11.6 Å². The van der Waals surface area contributed by atoms with E-state index in [1.807, 2.05) is 6.92 Å². The van der Waals surface area contributed by atoms with Crippen molar-refractivity contribution in [1.29, 1.82) is 0 Å². The van der Waals surface area contributed by atoms with Gasteiger partial charge in [0.2, 0.25) is 10.0 Å². The molecule has 1 atom stereocenters. The van der Waals surface area contributed by atoms with Crippen LogP contribution in [0.3, 0.4) is 0 Å². The highest BCUT2D eigenvalue weighted by Gasteiger charge is 2.20. The second-order valence-corrected chi connectivity index (χ2v) is 6.42. The second-order valence-electron chi connectivity index (χ2n) is 4.32. The van der Waals surface area contributed by atoms with Crippen LogP contribution in [-0.4, -0.2) is 26.8 Å². The fourth-order valence-corrected chi connectivity index (χ4v) is 2.45. The van der Waals surface area contributed by atoms with E-state index >= 15 is 0 Å². The molecule has 1 aromatic carbocycles. The van der Waals surface area contributed by atoms with Gasteiger partial charge in [-0.3, -0.25) is 4.72 Å². The van der Waals surface area contributed by atoms with Crippen molar-refractivity contribution in [3.8, 4) is 0 Å². The summed E-state index contributed by atoms with van der Waals surface area (Å²) in [6.07, 6.45) is 0.898. The lowest BCUT2D eigenvalue weighted by Gasteiger charge is -2.15. The van der Waals surface area contributed by atoms with E-state index in [4.69, 9.17) is 0 Å². The molecule has 0 saturated heterocycles. The molecule has 1 aromatic rings. The normalized spacial score (nSPS) is 13.3. The molecule has 0 aliphatic carbocycles. The molecule has 0 radical (unpaired) electrons. The molecule has 1 rings (SSSR count). The smallest absolute Gasteiger partial charge is 0.236 e. The van der Waals surface area contributed by atoms with Crippen molar-refractivity contribution in [2.45, 2.75) is 25.5 Å². The van der Waals surface area contributed by atoms with Crippen molar-refractivity contribution in [3.05, 3.63) is 29.8 Å². The molecule has 0 amide bonds. The zero-order valence-corrected chi connectivity index (χ0v) is 11.7. The van der Waals surface area contributed by atoms with Gasteiger partial charge < -0.3 is 5.32 Å². The SMILES string of the molecule is CCCNCC(C)S(=O)(=O)Nc1cc(F)cc(F)c1. The maximum atomic E-state index is 13.0. The van der Waals surface area contributed by atoms with E-state index in [0.29, 0.717) is 12.6 Å². The summed E-state index contributed by atoms with van der Waals surface area (Å²) < 4.78 is 52.0. The molecule has 0 aliphatic rings. The van der Waals surface area contributed by atoms with Gasteiger partial charge in [0.15, 0.2) is 0 Å². The number of nitrogens with one attached hydrogen (secondary N) is 2. The molecule has 0 aromatic heterocycles. The molecule has 7 heteroatoms. The predicted molar refractivity (Wildman–Crippen MR) is 71.5 cm³/mol. The molecule has 1 unspecified atom stereocenters. The monoisotopic (exact) mass is 292 g/mol. The lowest BCUT2D eigenvalue weighted by atomic mass is 10.3. The van der Waals surface area contributed by atoms with Gasteiger partial charge in [0.05, 0.1) is 10.9 Å². The number of halogens is 2. The summed E-state index contributed by atoms with van der Waals surface area (Å²) in [5.41, 5.74) is -0.111. The number of anilines is 1. The van der Waals surface area contributed by atoms with Crippen LogP contribution in [0.1, 0.15) is 20.3 Å². The first-order chi connectivity index (χ1) is 8.85. The molecule has 0 spiro atoms. The van der Waals surface area contributed by atoms with Crippen LogP contribution in [0.4, 0.5) is 14.5 Å². The fourth-order valence-electron chi connectivity index (χ4n) is 1.47. The minimum absolute atomic E-state index is 0.111. The van der Waals surface area contributed by atoms with Crippen molar-refractivity contribution in [1.82, 2.24) is 5.32 Å². The van der Waals surface area contributed by atoms with Crippen molar-refractivity contribution in [3.63, 3.8) is 0 Å². The summed E-state index contributed by atoms with van der Waals surface area (Å²) in [5.74, 6) is -1.65. The van der Waals surface area contributed by atoms with Gasteiger partial charge in [0.25, 0.3) is 0 Å². The van der Waals surface area contributed by atoms with Crippen LogP contribution >= 0.6 is 0 Å². The Kier molecular flexibility index (Phi) is 5.68. The second kappa shape index (κ2) is 6.81. The van der Waals surface area contributed by atoms with Gasteiger partial charge >= 0.3 is 0 Å². The molecule has 0 saturated carbocycles. The Balaban J connectivity index is 2.72. The predicted octanol–water partition coefficient (Wildman–Crippen LogP) is 2.09. The van der Waals surface area contributed by atoms with Crippen molar-refractivity contribution in [2.24, 2.45) is 0 Å². The first kappa shape index (κ1) is 15.8. The average Bonchev–Trinajstić information content (AvgIpc) is 2.26. The number of hydrogen-bond donors (Lipinski definition) is 2. The van der Waals surface area contributed by atoms with Crippen molar-refractivity contribution in [2.75, 3.05) is 17.8 Å². The highest BCUT2D eigenvalue weighted by molar-refractivity contribution is 7.93. The largest absolute Gasteiger partial charge is 0.315 e. The number of benzene rings is 1. The standard InChI is InChI=1S/C12H18F2N2O2S/c1-3-4-15-8-9(2)19(17,18)16-12-6-10(13)5-11(14)7-12/h5-7,9,15-16H,3-4,8H2,1-2H3. The van der Waals surface area contributed by atoms with E-state index in [1.165, 1.54) is 6.92 Å². The van der Waals surface area contributed by atoms with E-state index in [9.17, 15) is 17.2 Å². The van der Waals surface area contributed by atoms with Gasteiger partial charge in [0.1, 0.15) is 11.6 Å². The fraction of sp³-hybridized carbons (Fsp3) is 0.500. The Labute approximate surface area is 112 Å². The number of hydrogen-bond acceptors (Lipinski definition) is 3. The molecule has 0 fully saturated rings. The first-order valence-corrected chi connectivity index (χ1v) is 7.58. The maximum Gasteiger partial charge on any atom is 0.236 e. The Morgan fingerprint density at radius 2 is 1.79 bits per heavy atom. The first-order valence-electron chi connectivity index (χ1n) is 6.03. The third-order valence-electron chi connectivity index (χ3n) is 2.51. The van der Waals surface area contributed by atoms with Crippen molar-refractivity contribution < 1.29 is 17.2 Å². The van der Waals surface area contributed by atoms with E-state index in [1.54, 1.807) is 0 Å². The molecular weight excluding hydrogens is 274 g/mol. The zero-order valence-electron chi connectivity index (χ0n) is 10.9. The minimum Gasteiger partial charge on any atom is -0.315 e. The van der Waals surface area contributed by atoms with E-state index in [2.05, 4.69) is 10.0 Å². The summed E-state index contributed by atoms with van der Waals surface area (Å²) in [6, 6.07) is 2.56. The number of rotatable bonds is 7. The van der Waals surface area contributed by atoms with Gasteiger partial charge in [-0.2, -0.15) is 0 Å². The molecule has 19 heavy (non-hydrogen) atoms. The van der Waals surface area contributed by atoms with Crippen LogP contribution in [-0.2, 0) is 10.0 Å². The van der Waals surface area contributed by atoms with Crippen molar-refractivity contribution >= 4 is 15.7 Å². The average molecular weight is 292 g/mol. The molecule has 0 heterocycles. The third kappa shape index (κ3) is 5.12. The Morgan fingerprint density at radius 1 is 1.21 bits per heavy atom. The van der Waals surface area contributed by atoms with Gasteiger partial charge in [0, 0.05) is 12.6 Å². The summed E-state index contributed by atoms with van der Waals surface area (Å²) in [4.78, 5) is 0. The summed E-state index contributed by atoms with van der Waals surface area (Å²) in [7, 11) is -3.67. The molecule has 0 bridgehead atoms. The number of sulfonamides is 1. The van der Waals surface area contributed by atoms with Crippen LogP contribution < -0.4 is 10.0 Å². The molecule has 4 nitrogen and oxygen atoms in total. The molecule has 0 aliphatic heterocycles. The van der Waals surface area contributed by atoms with Crippen LogP contribution in [0.25, 0.3) is 0 Å². The highest BCUT2D eigenvalue weighted by atomic mass is 32.2. The molecular formula is C12H18F2N2O2S. The highest BCUT2D eigenvalue weighted by Crippen LogP contribution is 2.15. The summed E-state index contributed by atoms with van der Waals surface area (Å²) in [6.45, 7) is 4.50. The van der Waals surface area contributed by atoms with Gasteiger partial charge in [-0.1, -0.05) is 6.92 Å². The van der Waals surface area contributed by atoms with Gasteiger partial charge in [-0.15, -0.1) is 0 Å². The van der Waals surface area contributed by atoms with Crippen LogP contribution in [0.2, 0.25) is 0 Å². The Morgan fingerprint density at radius 3 is 2.32 bits per heavy atom. The Hall–Kier alpha value is -1.21.